The first-order valence-corrected chi connectivity index (χ1v) is 5.72. The Bertz CT molecular complexity index is 308. The Morgan fingerprint density at radius 3 is 2.86 bits per heavy atom. The molecule has 0 N–H and O–H groups in total. The Morgan fingerprint density at radius 2 is 2.36 bits per heavy atom. The quantitative estimate of drug-likeness (QED) is 0.690. The molecule has 0 amide bonds. The number of aryl methyl sites for hydroxylation is 1. The van der Waals surface area contributed by atoms with E-state index < -0.39 is 0 Å². The molecule has 3 heteroatoms. The predicted molar refractivity (Wildman–Crippen MR) is 58.4 cm³/mol. The minimum atomic E-state index is 0.375. The van der Waals surface area contributed by atoms with Crippen molar-refractivity contribution in [2.45, 2.75) is 31.6 Å². The van der Waals surface area contributed by atoms with Crippen molar-refractivity contribution in [1.82, 2.24) is 9.55 Å². The van der Waals surface area contributed by atoms with E-state index in [2.05, 4.69) is 23.5 Å². The van der Waals surface area contributed by atoms with E-state index in [-0.39, 0.29) is 0 Å². The maximum Gasteiger partial charge on any atom is 0.108 e. The Kier molecular flexibility index (Phi) is 2.82. The van der Waals surface area contributed by atoms with Gasteiger partial charge in [0.15, 0.2) is 0 Å². The van der Waals surface area contributed by atoms with Crippen LogP contribution in [0.25, 0.3) is 0 Å². The first-order chi connectivity index (χ1) is 6.68. The van der Waals surface area contributed by atoms with Crippen molar-refractivity contribution in [3.63, 3.8) is 0 Å². The van der Waals surface area contributed by atoms with Gasteiger partial charge in [0.05, 0.1) is 0 Å². The van der Waals surface area contributed by atoms with Crippen LogP contribution in [0.5, 0.6) is 0 Å². The Balaban J connectivity index is 2.02. The highest BCUT2D eigenvalue weighted by molar-refractivity contribution is 6.20. The molecule has 0 aliphatic heterocycles. The topological polar surface area (TPSA) is 17.8 Å². The zero-order chi connectivity index (χ0) is 10.1. The van der Waals surface area contributed by atoms with Crippen LogP contribution in [0.2, 0.25) is 0 Å². The number of aromatic nitrogens is 2. The molecule has 78 valence electrons. The fourth-order valence-corrected chi connectivity index (χ4v) is 2.64. The van der Waals surface area contributed by atoms with Crippen molar-refractivity contribution in [2.24, 2.45) is 18.9 Å². The van der Waals surface area contributed by atoms with Crippen LogP contribution in [0, 0.1) is 11.8 Å². The fraction of sp³-hybridized carbons (Fsp3) is 0.727. The summed E-state index contributed by atoms with van der Waals surface area (Å²) in [5.74, 6) is 2.54. The summed E-state index contributed by atoms with van der Waals surface area (Å²) in [7, 11) is 2.06. The minimum Gasteiger partial charge on any atom is -0.338 e. The average molecular weight is 213 g/mol. The van der Waals surface area contributed by atoms with Gasteiger partial charge in [0.25, 0.3) is 0 Å². The van der Waals surface area contributed by atoms with Crippen LogP contribution in [0.3, 0.4) is 0 Å². The van der Waals surface area contributed by atoms with Crippen LogP contribution < -0.4 is 0 Å². The standard InChI is InChI=1S/C11H17ClN2/c1-8-9(3-4-10(8)12)7-11-13-5-6-14(11)2/h5-6,8-10H,3-4,7H2,1-2H3. The van der Waals surface area contributed by atoms with E-state index in [1.807, 2.05) is 12.4 Å². The lowest BCUT2D eigenvalue weighted by Crippen LogP contribution is -2.15. The van der Waals surface area contributed by atoms with Crippen LogP contribution >= 0.6 is 11.6 Å². The highest BCUT2D eigenvalue weighted by Crippen LogP contribution is 2.36. The zero-order valence-electron chi connectivity index (χ0n) is 8.78. The molecule has 1 aliphatic rings. The average Bonchev–Trinajstić information content (AvgIpc) is 2.68. The van der Waals surface area contributed by atoms with E-state index in [0.29, 0.717) is 11.3 Å². The second kappa shape index (κ2) is 3.93. The van der Waals surface area contributed by atoms with Crippen molar-refractivity contribution in [3.05, 3.63) is 18.2 Å². The molecule has 0 saturated heterocycles. The molecule has 0 bridgehead atoms. The summed E-state index contributed by atoms with van der Waals surface area (Å²) in [4.78, 5) is 4.36. The SMILES string of the molecule is CC1C(Cl)CCC1Cc1nccn1C. The van der Waals surface area contributed by atoms with E-state index >= 15 is 0 Å². The smallest absolute Gasteiger partial charge is 0.108 e. The van der Waals surface area contributed by atoms with Gasteiger partial charge in [-0.2, -0.15) is 0 Å². The summed E-state index contributed by atoms with van der Waals surface area (Å²) in [5.41, 5.74) is 0. The van der Waals surface area contributed by atoms with Gasteiger partial charge in [-0.15, -0.1) is 11.6 Å². The van der Waals surface area contributed by atoms with E-state index in [0.717, 1.165) is 18.8 Å². The van der Waals surface area contributed by atoms with Gasteiger partial charge in [-0.3, -0.25) is 0 Å². The van der Waals surface area contributed by atoms with Gasteiger partial charge >= 0.3 is 0 Å². The molecule has 1 aliphatic carbocycles. The van der Waals surface area contributed by atoms with Crippen molar-refractivity contribution >= 4 is 11.6 Å². The minimum absolute atomic E-state index is 0.375. The van der Waals surface area contributed by atoms with E-state index in [1.54, 1.807) is 0 Å². The van der Waals surface area contributed by atoms with E-state index in [1.165, 1.54) is 12.2 Å². The highest BCUT2D eigenvalue weighted by atomic mass is 35.5. The molecule has 1 saturated carbocycles. The Morgan fingerprint density at radius 1 is 1.57 bits per heavy atom. The lowest BCUT2D eigenvalue weighted by Gasteiger charge is -2.16. The van der Waals surface area contributed by atoms with Gasteiger partial charge in [-0.1, -0.05) is 6.92 Å². The van der Waals surface area contributed by atoms with Crippen LogP contribution in [0.4, 0.5) is 0 Å². The summed E-state index contributed by atoms with van der Waals surface area (Å²) in [6.45, 7) is 2.26. The van der Waals surface area contributed by atoms with E-state index in [9.17, 15) is 0 Å². The number of hydrogen-bond donors (Lipinski definition) is 0. The molecule has 14 heavy (non-hydrogen) atoms. The summed E-state index contributed by atoms with van der Waals surface area (Å²) < 4.78 is 2.11. The normalized spacial score (nSPS) is 32.4. The Hall–Kier alpha value is -0.500. The molecule has 3 atom stereocenters. The molecule has 0 radical (unpaired) electrons. The number of hydrogen-bond acceptors (Lipinski definition) is 1. The molecule has 2 rings (SSSR count). The Labute approximate surface area is 90.3 Å². The van der Waals surface area contributed by atoms with Gasteiger partial charge in [0, 0.05) is 31.2 Å². The zero-order valence-corrected chi connectivity index (χ0v) is 9.54. The third-order valence-corrected chi connectivity index (χ3v) is 4.11. The molecule has 0 aromatic carbocycles. The van der Waals surface area contributed by atoms with Crippen molar-refractivity contribution < 1.29 is 0 Å². The van der Waals surface area contributed by atoms with Crippen molar-refractivity contribution in [3.8, 4) is 0 Å². The van der Waals surface area contributed by atoms with Gasteiger partial charge in [-0.25, -0.2) is 4.98 Å². The maximum absolute atomic E-state index is 6.21. The molecule has 1 aromatic heterocycles. The molecule has 2 nitrogen and oxygen atoms in total. The third kappa shape index (κ3) is 1.81. The number of rotatable bonds is 2. The maximum atomic E-state index is 6.21. The molecular formula is C11H17ClN2. The van der Waals surface area contributed by atoms with Gasteiger partial charge in [-0.05, 0) is 24.7 Å². The second-order valence-electron chi connectivity index (χ2n) is 4.37. The second-order valence-corrected chi connectivity index (χ2v) is 4.93. The fourth-order valence-electron chi connectivity index (χ4n) is 2.31. The van der Waals surface area contributed by atoms with E-state index in [4.69, 9.17) is 11.6 Å². The molecule has 1 aromatic rings. The van der Waals surface area contributed by atoms with Gasteiger partial charge in [0.2, 0.25) is 0 Å². The number of nitrogens with zero attached hydrogens (tertiary/aromatic N) is 2. The van der Waals surface area contributed by atoms with Crippen molar-refractivity contribution in [2.75, 3.05) is 0 Å². The summed E-state index contributed by atoms with van der Waals surface area (Å²) in [5, 5.41) is 0.375. The predicted octanol–water partition coefficient (Wildman–Crippen LogP) is 2.62. The first kappa shape index (κ1) is 10.0. The van der Waals surface area contributed by atoms with Crippen LogP contribution in [0.1, 0.15) is 25.6 Å². The summed E-state index contributed by atoms with van der Waals surface area (Å²) in [6, 6.07) is 0. The third-order valence-electron chi connectivity index (χ3n) is 3.49. The molecule has 1 heterocycles. The lowest BCUT2D eigenvalue weighted by atomic mass is 9.94. The lowest BCUT2D eigenvalue weighted by molar-refractivity contribution is 0.408. The molecule has 0 spiro atoms. The monoisotopic (exact) mass is 212 g/mol. The molecule has 3 unspecified atom stereocenters. The van der Waals surface area contributed by atoms with Gasteiger partial charge < -0.3 is 4.57 Å². The van der Waals surface area contributed by atoms with Crippen LogP contribution in [0.15, 0.2) is 12.4 Å². The van der Waals surface area contributed by atoms with Crippen LogP contribution in [-0.2, 0) is 13.5 Å². The highest BCUT2D eigenvalue weighted by Gasteiger charge is 2.31. The largest absolute Gasteiger partial charge is 0.338 e. The first-order valence-electron chi connectivity index (χ1n) is 5.28. The molecule has 1 fully saturated rings. The van der Waals surface area contributed by atoms with Gasteiger partial charge in [0.1, 0.15) is 5.82 Å². The van der Waals surface area contributed by atoms with Crippen molar-refractivity contribution in [1.29, 1.82) is 0 Å². The summed E-state index contributed by atoms with van der Waals surface area (Å²) >= 11 is 6.21. The number of alkyl halides is 1. The van der Waals surface area contributed by atoms with Crippen LogP contribution in [-0.4, -0.2) is 14.9 Å². The number of imidazole rings is 1. The number of halogens is 1. The summed E-state index contributed by atoms with van der Waals surface area (Å²) in [6.07, 6.45) is 7.37. The molecular weight excluding hydrogens is 196 g/mol.